The first-order valence-corrected chi connectivity index (χ1v) is 16.0. The van der Waals surface area contributed by atoms with Crippen LogP contribution < -0.4 is 0 Å². The van der Waals surface area contributed by atoms with Crippen LogP contribution in [0, 0.1) is 0 Å². The van der Waals surface area contributed by atoms with Crippen LogP contribution in [0.1, 0.15) is 103 Å². The van der Waals surface area contributed by atoms with Crippen LogP contribution in [0.25, 0.3) is 0 Å². The topological polar surface area (TPSA) is 185 Å². The predicted octanol–water partition coefficient (Wildman–Crippen LogP) is 1.43. The van der Waals surface area contributed by atoms with Gasteiger partial charge >= 0.3 is 5.97 Å². The molecule has 11 atom stereocenters. The van der Waals surface area contributed by atoms with Crippen molar-refractivity contribution in [2.24, 2.45) is 0 Å². The van der Waals surface area contributed by atoms with Gasteiger partial charge in [0.05, 0.1) is 12.7 Å². The summed E-state index contributed by atoms with van der Waals surface area (Å²) in [5.74, 6) is -0.456. The molecule has 3 fully saturated rings. The average molecular weight is 607 g/mol. The van der Waals surface area contributed by atoms with E-state index in [1.807, 2.05) is 6.92 Å². The summed E-state index contributed by atoms with van der Waals surface area (Å²) < 4.78 is 28.6. The zero-order valence-corrected chi connectivity index (χ0v) is 25.0. The van der Waals surface area contributed by atoms with Gasteiger partial charge in [0.25, 0.3) is 0 Å². The molecular weight excluding hydrogens is 552 g/mol. The Bertz CT molecular complexity index is 756. The SMILES string of the molecule is C[C@H]1CCCCCCCCCCCCCCCC(=O)OC[C@H]2O[C@@H](O[C@H]3[C@H](O1)O[C@H](CO)[C@@H](O)[C@@H]3O)[C@H](O)[C@@H](O)[C@@H]2O. The van der Waals surface area contributed by atoms with E-state index in [2.05, 4.69) is 0 Å². The quantitative estimate of drug-likeness (QED) is 0.236. The van der Waals surface area contributed by atoms with E-state index in [1.165, 1.54) is 38.5 Å². The minimum Gasteiger partial charge on any atom is -0.463 e. The standard InChI is InChI=1S/C30H54O12/c1-19-15-13-11-9-7-5-3-2-4-6-8-10-12-14-16-22(32)38-18-21-24(34)25(35)27(37)29(41-21)42-28-26(36)23(33)20(17-31)40-30(28)39-19/h19-21,23-31,33-37H,2-18H2,1H3/t19-,20+,21+,23+,24+,25-,26-,27+,28+,29-,30+/m0/s1. The molecule has 6 N–H and O–H groups in total. The van der Waals surface area contributed by atoms with Crippen molar-refractivity contribution in [1.29, 1.82) is 0 Å². The van der Waals surface area contributed by atoms with E-state index in [9.17, 15) is 35.4 Å². The van der Waals surface area contributed by atoms with Crippen molar-refractivity contribution in [3.8, 4) is 0 Å². The van der Waals surface area contributed by atoms with Crippen LogP contribution in [-0.2, 0) is 28.5 Å². The summed E-state index contributed by atoms with van der Waals surface area (Å²) in [4.78, 5) is 12.3. The molecule has 2 bridgehead atoms. The van der Waals surface area contributed by atoms with Crippen LogP contribution >= 0.6 is 0 Å². The van der Waals surface area contributed by atoms with Crippen molar-refractivity contribution < 1.29 is 59.1 Å². The minimum atomic E-state index is -1.73. The lowest BCUT2D eigenvalue weighted by molar-refractivity contribution is -0.371. The molecule has 0 radical (unpaired) electrons. The fourth-order valence-electron chi connectivity index (χ4n) is 5.82. The normalized spacial score (nSPS) is 41.8. The Labute approximate surface area is 249 Å². The number of fused-ring (bicyclic) bond motifs is 3. The summed E-state index contributed by atoms with van der Waals surface area (Å²) in [6.45, 7) is 0.913. The molecule has 3 heterocycles. The molecule has 0 aromatic rings. The minimum absolute atomic E-state index is 0.223. The number of hydrogen-bond donors (Lipinski definition) is 6. The van der Waals surface area contributed by atoms with Gasteiger partial charge < -0.3 is 54.3 Å². The number of rotatable bonds is 1. The van der Waals surface area contributed by atoms with Gasteiger partial charge in [0.1, 0.15) is 55.4 Å². The molecule has 42 heavy (non-hydrogen) atoms. The third-order valence-electron chi connectivity index (χ3n) is 8.55. The first-order chi connectivity index (χ1) is 20.2. The number of carbonyl (C=O) groups excluding carboxylic acids is 1. The number of hydrogen-bond acceptors (Lipinski definition) is 12. The van der Waals surface area contributed by atoms with Crippen molar-refractivity contribution in [3.63, 3.8) is 0 Å². The van der Waals surface area contributed by atoms with Gasteiger partial charge in [0.15, 0.2) is 12.6 Å². The highest BCUT2D eigenvalue weighted by Crippen LogP contribution is 2.31. The molecule has 0 amide bonds. The summed E-state index contributed by atoms with van der Waals surface area (Å²) in [5.41, 5.74) is 0. The van der Waals surface area contributed by atoms with E-state index in [0.29, 0.717) is 6.42 Å². The van der Waals surface area contributed by atoms with E-state index in [4.69, 9.17) is 23.7 Å². The third kappa shape index (κ3) is 10.9. The van der Waals surface area contributed by atoms with Crippen molar-refractivity contribution in [2.45, 2.75) is 171 Å². The lowest BCUT2D eigenvalue weighted by atomic mass is 9.97. The van der Waals surface area contributed by atoms with E-state index < -0.39 is 74.0 Å². The van der Waals surface area contributed by atoms with Crippen molar-refractivity contribution in [1.82, 2.24) is 0 Å². The van der Waals surface area contributed by atoms with Gasteiger partial charge in [0.2, 0.25) is 0 Å². The Morgan fingerprint density at radius 1 is 0.619 bits per heavy atom. The van der Waals surface area contributed by atoms with Gasteiger partial charge in [-0.1, -0.05) is 77.0 Å². The van der Waals surface area contributed by atoms with E-state index in [0.717, 1.165) is 44.9 Å². The van der Waals surface area contributed by atoms with Crippen LogP contribution in [-0.4, -0.2) is 117 Å². The van der Waals surface area contributed by atoms with Crippen molar-refractivity contribution in [3.05, 3.63) is 0 Å². The molecular formula is C30H54O12. The number of aliphatic hydroxyl groups is 6. The van der Waals surface area contributed by atoms with Crippen molar-refractivity contribution >= 4 is 5.97 Å². The van der Waals surface area contributed by atoms with Gasteiger partial charge in [-0.05, 0) is 19.8 Å². The molecule has 0 aromatic carbocycles. The van der Waals surface area contributed by atoms with Gasteiger partial charge in [-0.3, -0.25) is 4.79 Å². The lowest BCUT2D eigenvalue weighted by Gasteiger charge is -2.46. The van der Waals surface area contributed by atoms with E-state index in [1.54, 1.807) is 0 Å². The van der Waals surface area contributed by atoms with Gasteiger partial charge in [-0.15, -0.1) is 0 Å². The second-order valence-electron chi connectivity index (χ2n) is 12.1. The molecule has 0 aliphatic carbocycles. The van der Waals surface area contributed by atoms with E-state index in [-0.39, 0.29) is 19.1 Å². The zero-order valence-electron chi connectivity index (χ0n) is 25.0. The zero-order chi connectivity index (χ0) is 30.5. The molecule has 12 heteroatoms. The molecule has 3 aliphatic rings. The first kappa shape index (κ1) is 35.5. The number of ether oxygens (including phenoxy) is 5. The maximum Gasteiger partial charge on any atom is 0.305 e. The predicted molar refractivity (Wildman–Crippen MR) is 150 cm³/mol. The molecule has 3 rings (SSSR count). The Morgan fingerprint density at radius 3 is 1.79 bits per heavy atom. The Balaban J connectivity index is 1.68. The molecule has 246 valence electrons. The molecule has 0 unspecified atom stereocenters. The van der Waals surface area contributed by atoms with Crippen molar-refractivity contribution in [2.75, 3.05) is 13.2 Å². The number of esters is 1. The number of carbonyl (C=O) groups is 1. The summed E-state index contributed by atoms with van der Waals surface area (Å²) in [6.07, 6.45) is 0.345. The molecule has 0 saturated carbocycles. The largest absolute Gasteiger partial charge is 0.463 e. The maximum atomic E-state index is 12.3. The molecule has 0 aromatic heterocycles. The number of aliphatic hydroxyl groups excluding tert-OH is 6. The molecule has 12 nitrogen and oxygen atoms in total. The maximum absolute atomic E-state index is 12.3. The second-order valence-corrected chi connectivity index (χ2v) is 12.1. The smallest absolute Gasteiger partial charge is 0.305 e. The summed E-state index contributed by atoms with van der Waals surface area (Å²) in [7, 11) is 0. The molecule has 3 aliphatic heterocycles. The highest BCUT2D eigenvalue weighted by atomic mass is 16.8. The van der Waals surface area contributed by atoms with Crippen LogP contribution in [0.5, 0.6) is 0 Å². The average Bonchev–Trinajstić information content (AvgIpc) is 2.97. The fourth-order valence-corrected chi connectivity index (χ4v) is 5.82. The van der Waals surface area contributed by atoms with Gasteiger partial charge in [0, 0.05) is 6.42 Å². The monoisotopic (exact) mass is 606 g/mol. The second kappa shape index (κ2) is 18.8. The van der Waals surface area contributed by atoms with Crippen LogP contribution in [0.15, 0.2) is 0 Å². The molecule has 0 spiro atoms. The van der Waals surface area contributed by atoms with Gasteiger partial charge in [-0.2, -0.15) is 0 Å². The van der Waals surface area contributed by atoms with Crippen LogP contribution in [0.4, 0.5) is 0 Å². The van der Waals surface area contributed by atoms with Crippen LogP contribution in [0.3, 0.4) is 0 Å². The third-order valence-corrected chi connectivity index (χ3v) is 8.55. The fraction of sp³-hybridized carbons (Fsp3) is 0.967. The highest BCUT2D eigenvalue weighted by Gasteiger charge is 2.51. The summed E-state index contributed by atoms with van der Waals surface area (Å²) in [5, 5.41) is 62.6. The highest BCUT2D eigenvalue weighted by molar-refractivity contribution is 5.69. The van der Waals surface area contributed by atoms with Gasteiger partial charge in [-0.25, -0.2) is 0 Å². The summed E-state index contributed by atoms with van der Waals surface area (Å²) >= 11 is 0. The first-order valence-electron chi connectivity index (χ1n) is 16.0. The summed E-state index contributed by atoms with van der Waals surface area (Å²) in [6, 6.07) is 0. The number of cyclic esters (lactones) is 1. The Kier molecular flexibility index (Phi) is 15.9. The Morgan fingerprint density at radius 2 is 1.19 bits per heavy atom. The Hall–Kier alpha value is -0.930. The van der Waals surface area contributed by atoms with E-state index >= 15 is 0 Å². The van der Waals surface area contributed by atoms with Crippen LogP contribution in [0.2, 0.25) is 0 Å². The lowest BCUT2D eigenvalue weighted by Crippen LogP contribution is -2.65. The molecule has 3 saturated heterocycles.